The van der Waals surface area contributed by atoms with Crippen LogP contribution >= 0.6 is 11.6 Å². The van der Waals surface area contributed by atoms with Gasteiger partial charge >= 0.3 is 0 Å². The highest BCUT2D eigenvalue weighted by Crippen LogP contribution is 2.38. The average Bonchev–Trinajstić information content (AvgIpc) is 2.96. The standard InChI is InChI=1S/C22H26ClN5O3/c1-4-14(12-24)21(30)26-22-25-16-9-10-17(31-3)19(23)20(16)28(22)15-8-6-7-11-27(13-15)18(29)5-2/h4-5,9-10,12,15,24H,2,6-8,11,13H2,1,3H3,(H,25,26,30). The number of halogens is 1. The summed E-state index contributed by atoms with van der Waals surface area (Å²) >= 11 is 6.66. The number of carbonyl (C=O) groups excluding carboxylic acids is 2. The Bertz CT molecular complexity index is 1060. The molecule has 2 N–H and O–H groups in total. The first-order valence-corrected chi connectivity index (χ1v) is 10.5. The first kappa shape index (κ1) is 22.6. The number of likely N-dealkylation sites (tertiary alicyclic amines) is 1. The van der Waals surface area contributed by atoms with E-state index in [-0.39, 0.29) is 17.5 Å². The molecule has 0 bridgehead atoms. The van der Waals surface area contributed by atoms with Crippen LogP contribution in [-0.4, -0.2) is 52.7 Å². The van der Waals surface area contributed by atoms with Crippen LogP contribution in [0, 0.1) is 5.41 Å². The molecule has 1 unspecified atom stereocenters. The molecule has 1 aliphatic heterocycles. The van der Waals surface area contributed by atoms with Crippen molar-refractivity contribution in [2.45, 2.75) is 32.2 Å². The Balaban J connectivity index is 2.15. The second-order valence-corrected chi connectivity index (χ2v) is 7.61. The van der Waals surface area contributed by atoms with Gasteiger partial charge in [-0.05, 0) is 44.4 Å². The molecular weight excluding hydrogens is 418 g/mol. The topological polar surface area (TPSA) is 100 Å². The van der Waals surface area contributed by atoms with Gasteiger partial charge < -0.3 is 19.6 Å². The maximum absolute atomic E-state index is 12.7. The summed E-state index contributed by atoms with van der Waals surface area (Å²) in [6.45, 7) is 6.37. The summed E-state index contributed by atoms with van der Waals surface area (Å²) in [4.78, 5) is 31.3. The van der Waals surface area contributed by atoms with E-state index in [1.54, 1.807) is 30.0 Å². The predicted octanol–water partition coefficient (Wildman–Crippen LogP) is 3.97. The molecule has 1 fully saturated rings. The van der Waals surface area contributed by atoms with Crippen LogP contribution in [0.2, 0.25) is 5.02 Å². The Morgan fingerprint density at radius 1 is 1.39 bits per heavy atom. The molecule has 2 aromatic rings. The summed E-state index contributed by atoms with van der Waals surface area (Å²) in [5.74, 6) is 0.235. The van der Waals surface area contributed by atoms with Gasteiger partial charge in [-0.15, -0.1) is 0 Å². The minimum Gasteiger partial charge on any atom is -0.495 e. The molecule has 0 radical (unpaired) electrons. The van der Waals surface area contributed by atoms with E-state index < -0.39 is 5.91 Å². The molecule has 1 atom stereocenters. The van der Waals surface area contributed by atoms with Crippen molar-refractivity contribution in [3.8, 4) is 5.75 Å². The Hall–Kier alpha value is -3.13. The number of methoxy groups -OCH3 is 1. The molecule has 1 aliphatic rings. The molecule has 1 saturated heterocycles. The summed E-state index contributed by atoms with van der Waals surface area (Å²) in [6, 6.07) is 3.34. The van der Waals surface area contributed by atoms with Gasteiger partial charge in [0.2, 0.25) is 11.9 Å². The Morgan fingerprint density at radius 3 is 2.81 bits per heavy atom. The molecule has 8 nitrogen and oxygen atoms in total. The Morgan fingerprint density at radius 2 is 2.16 bits per heavy atom. The number of hydrogen-bond acceptors (Lipinski definition) is 5. The van der Waals surface area contributed by atoms with Crippen LogP contribution in [0.25, 0.3) is 11.0 Å². The van der Waals surface area contributed by atoms with Crippen molar-refractivity contribution in [3.05, 3.63) is 41.5 Å². The molecule has 164 valence electrons. The number of nitrogens with zero attached hydrogens (tertiary/aromatic N) is 3. The predicted molar refractivity (Wildman–Crippen MR) is 122 cm³/mol. The Kier molecular flexibility index (Phi) is 7.12. The molecule has 3 rings (SSSR count). The molecule has 1 aromatic heterocycles. The highest BCUT2D eigenvalue weighted by atomic mass is 35.5. The van der Waals surface area contributed by atoms with Crippen molar-refractivity contribution >= 4 is 46.6 Å². The third-order valence-electron chi connectivity index (χ3n) is 5.43. The lowest BCUT2D eigenvalue weighted by Crippen LogP contribution is -2.34. The van der Waals surface area contributed by atoms with E-state index in [2.05, 4.69) is 16.9 Å². The fourth-order valence-electron chi connectivity index (χ4n) is 3.84. The van der Waals surface area contributed by atoms with Crippen molar-refractivity contribution in [2.24, 2.45) is 0 Å². The monoisotopic (exact) mass is 443 g/mol. The molecule has 1 aromatic carbocycles. The smallest absolute Gasteiger partial charge is 0.259 e. The van der Waals surface area contributed by atoms with E-state index in [1.165, 1.54) is 13.2 Å². The molecule has 0 aliphatic carbocycles. The number of nitrogens with one attached hydrogen (secondary N) is 2. The summed E-state index contributed by atoms with van der Waals surface area (Å²) in [6.07, 6.45) is 6.42. The summed E-state index contributed by atoms with van der Waals surface area (Å²) in [7, 11) is 1.54. The number of hydrogen-bond donors (Lipinski definition) is 2. The summed E-state index contributed by atoms with van der Waals surface area (Å²) in [5, 5.41) is 10.7. The van der Waals surface area contributed by atoms with Crippen LogP contribution < -0.4 is 10.1 Å². The summed E-state index contributed by atoms with van der Waals surface area (Å²) < 4.78 is 7.26. The molecule has 2 amide bonds. The molecule has 0 saturated carbocycles. The van der Waals surface area contributed by atoms with Crippen molar-refractivity contribution in [1.82, 2.24) is 14.5 Å². The van der Waals surface area contributed by atoms with Crippen molar-refractivity contribution in [2.75, 3.05) is 25.5 Å². The highest BCUT2D eigenvalue weighted by Gasteiger charge is 2.28. The van der Waals surface area contributed by atoms with E-state index >= 15 is 0 Å². The number of allylic oxidation sites excluding steroid dienone is 1. The first-order chi connectivity index (χ1) is 14.9. The third kappa shape index (κ3) is 4.49. The average molecular weight is 444 g/mol. The van der Waals surface area contributed by atoms with Crippen LogP contribution in [0.4, 0.5) is 5.95 Å². The van der Waals surface area contributed by atoms with Gasteiger partial charge in [0.1, 0.15) is 10.8 Å². The van der Waals surface area contributed by atoms with E-state index in [1.807, 2.05) is 4.57 Å². The fraction of sp³-hybridized carbons (Fsp3) is 0.364. The number of amides is 2. The van der Waals surface area contributed by atoms with Gasteiger partial charge in [-0.25, -0.2) is 4.98 Å². The van der Waals surface area contributed by atoms with Crippen molar-refractivity contribution in [1.29, 1.82) is 5.41 Å². The van der Waals surface area contributed by atoms with Crippen LogP contribution in [0.3, 0.4) is 0 Å². The second kappa shape index (κ2) is 9.78. The first-order valence-electron chi connectivity index (χ1n) is 10.1. The molecule has 2 heterocycles. The number of fused-ring (bicyclic) bond motifs is 1. The number of carbonyl (C=O) groups is 2. The number of imidazole rings is 1. The molecule has 0 spiro atoms. The highest BCUT2D eigenvalue weighted by molar-refractivity contribution is 6.36. The second-order valence-electron chi connectivity index (χ2n) is 7.24. The lowest BCUT2D eigenvalue weighted by Gasteiger charge is -2.26. The van der Waals surface area contributed by atoms with Gasteiger partial charge in [-0.2, -0.15) is 0 Å². The maximum atomic E-state index is 12.7. The van der Waals surface area contributed by atoms with Gasteiger partial charge in [0.25, 0.3) is 5.91 Å². The third-order valence-corrected chi connectivity index (χ3v) is 5.79. The van der Waals surface area contributed by atoms with Gasteiger partial charge in [-0.1, -0.05) is 24.3 Å². The SMILES string of the molecule is C=CC(=O)N1CCCCC(n2c(NC(=O)C(C=N)=CC)nc3ccc(OC)c(Cl)c32)C1. The van der Waals surface area contributed by atoms with E-state index in [9.17, 15) is 9.59 Å². The number of ether oxygens (including phenoxy) is 1. The van der Waals surface area contributed by atoms with Crippen LogP contribution in [0.1, 0.15) is 32.2 Å². The van der Waals surface area contributed by atoms with Gasteiger partial charge in [0.05, 0.1) is 29.8 Å². The van der Waals surface area contributed by atoms with Crippen molar-refractivity contribution in [3.63, 3.8) is 0 Å². The number of aromatic nitrogens is 2. The largest absolute Gasteiger partial charge is 0.495 e. The van der Waals surface area contributed by atoms with E-state index in [0.29, 0.717) is 40.8 Å². The van der Waals surface area contributed by atoms with Gasteiger partial charge in [0.15, 0.2) is 0 Å². The fourth-order valence-corrected chi connectivity index (χ4v) is 4.17. The summed E-state index contributed by atoms with van der Waals surface area (Å²) in [5.41, 5.74) is 1.45. The zero-order chi connectivity index (χ0) is 22.5. The van der Waals surface area contributed by atoms with E-state index in [0.717, 1.165) is 25.5 Å². The Labute approximate surface area is 186 Å². The lowest BCUT2D eigenvalue weighted by atomic mass is 10.1. The molecule has 31 heavy (non-hydrogen) atoms. The number of rotatable bonds is 6. The molecular formula is C22H26ClN5O3. The number of benzene rings is 1. The van der Waals surface area contributed by atoms with Crippen LogP contribution in [0.5, 0.6) is 5.75 Å². The lowest BCUT2D eigenvalue weighted by molar-refractivity contribution is -0.126. The zero-order valence-electron chi connectivity index (χ0n) is 17.7. The van der Waals surface area contributed by atoms with Crippen molar-refractivity contribution < 1.29 is 14.3 Å². The minimum absolute atomic E-state index is 0.134. The van der Waals surface area contributed by atoms with Crippen LogP contribution in [0.15, 0.2) is 36.4 Å². The van der Waals surface area contributed by atoms with Crippen LogP contribution in [-0.2, 0) is 9.59 Å². The van der Waals surface area contributed by atoms with E-state index in [4.69, 9.17) is 21.7 Å². The van der Waals surface area contributed by atoms with Gasteiger partial charge in [0, 0.05) is 19.3 Å². The zero-order valence-corrected chi connectivity index (χ0v) is 18.4. The minimum atomic E-state index is -0.440. The van der Waals surface area contributed by atoms with Gasteiger partial charge in [-0.3, -0.25) is 14.9 Å². The number of anilines is 1. The molecule has 9 heteroatoms. The quantitative estimate of drug-likeness (QED) is 0.521. The normalized spacial score (nSPS) is 17.2. The maximum Gasteiger partial charge on any atom is 0.259 e.